The van der Waals surface area contributed by atoms with E-state index in [0.717, 1.165) is 5.69 Å². The standard InChI is InChI=1S/C16H15BrFNO3/c1-10-3-2-4-14(19-10)22-13-6-5-12(17)11(16(13)18)9-15-20-7-8-21-15/h2-6,15H,7-9H2,1H3. The molecule has 1 aliphatic rings. The van der Waals surface area contributed by atoms with Crippen molar-refractivity contribution < 1.29 is 18.6 Å². The highest BCUT2D eigenvalue weighted by Gasteiger charge is 2.22. The highest BCUT2D eigenvalue weighted by Crippen LogP contribution is 2.32. The maximum atomic E-state index is 14.7. The second kappa shape index (κ2) is 6.73. The molecule has 0 bridgehead atoms. The van der Waals surface area contributed by atoms with E-state index in [1.165, 1.54) is 0 Å². The Morgan fingerprint density at radius 2 is 2.05 bits per heavy atom. The van der Waals surface area contributed by atoms with E-state index in [0.29, 0.717) is 35.6 Å². The molecule has 0 saturated carbocycles. The van der Waals surface area contributed by atoms with Crippen LogP contribution in [0.1, 0.15) is 11.3 Å². The number of nitrogens with zero attached hydrogens (tertiary/aromatic N) is 1. The van der Waals surface area contributed by atoms with E-state index in [1.807, 2.05) is 19.1 Å². The first kappa shape index (κ1) is 15.4. The number of halogens is 2. The van der Waals surface area contributed by atoms with Gasteiger partial charge in [0.2, 0.25) is 5.88 Å². The lowest BCUT2D eigenvalue weighted by Gasteiger charge is -2.14. The van der Waals surface area contributed by atoms with Crippen LogP contribution in [-0.2, 0) is 15.9 Å². The molecule has 1 fully saturated rings. The quantitative estimate of drug-likeness (QED) is 0.818. The van der Waals surface area contributed by atoms with E-state index in [4.69, 9.17) is 14.2 Å². The van der Waals surface area contributed by atoms with Crippen LogP contribution in [0.25, 0.3) is 0 Å². The number of ether oxygens (including phenoxy) is 3. The van der Waals surface area contributed by atoms with Gasteiger partial charge in [0.25, 0.3) is 0 Å². The van der Waals surface area contributed by atoms with E-state index in [2.05, 4.69) is 20.9 Å². The van der Waals surface area contributed by atoms with E-state index in [-0.39, 0.29) is 5.75 Å². The second-order valence-corrected chi connectivity index (χ2v) is 5.79. The molecular formula is C16H15BrFNO3. The molecule has 1 aromatic heterocycles. The van der Waals surface area contributed by atoms with Gasteiger partial charge in [-0.25, -0.2) is 9.37 Å². The van der Waals surface area contributed by atoms with Crippen LogP contribution >= 0.6 is 15.9 Å². The minimum Gasteiger partial charge on any atom is -0.436 e. The molecule has 0 spiro atoms. The summed E-state index contributed by atoms with van der Waals surface area (Å²) in [7, 11) is 0. The summed E-state index contributed by atoms with van der Waals surface area (Å²) in [6.07, 6.45) is -0.0941. The maximum absolute atomic E-state index is 14.7. The number of pyridine rings is 1. The van der Waals surface area contributed by atoms with Gasteiger partial charge in [0.1, 0.15) is 0 Å². The SMILES string of the molecule is Cc1cccc(Oc2ccc(Br)c(CC3OCCO3)c2F)n1. The van der Waals surface area contributed by atoms with Gasteiger partial charge in [-0.3, -0.25) is 0 Å². The lowest BCUT2D eigenvalue weighted by molar-refractivity contribution is -0.0406. The van der Waals surface area contributed by atoms with Gasteiger partial charge in [-0.2, -0.15) is 0 Å². The summed E-state index contributed by atoms with van der Waals surface area (Å²) in [5.74, 6) is 0.0617. The Morgan fingerprint density at radius 3 is 2.77 bits per heavy atom. The van der Waals surface area contributed by atoms with Crippen molar-refractivity contribution in [3.63, 3.8) is 0 Å². The third-order valence-electron chi connectivity index (χ3n) is 3.29. The number of aryl methyl sites for hydroxylation is 1. The predicted octanol–water partition coefficient (Wildman–Crippen LogP) is 4.00. The molecule has 0 aliphatic carbocycles. The van der Waals surface area contributed by atoms with Crippen LogP contribution < -0.4 is 4.74 Å². The summed E-state index contributed by atoms with van der Waals surface area (Å²) in [4.78, 5) is 4.21. The summed E-state index contributed by atoms with van der Waals surface area (Å²) in [5.41, 5.74) is 1.28. The predicted molar refractivity (Wildman–Crippen MR) is 82.5 cm³/mol. The first-order chi connectivity index (χ1) is 10.6. The topological polar surface area (TPSA) is 40.6 Å². The molecule has 0 radical (unpaired) electrons. The van der Waals surface area contributed by atoms with Crippen molar-refractivity contribution in [2.45, 2.75) is 19.6 Å². The largest absolute Gasteiger partial charge is 0.436 e. The number of benzene rings is 1. The highest BCUT2D eigenvalue weighted by atomic mass is 79.9. The van der Waals surface area contributed by atoms with Crippen LogP contribution in [0.15, 0.2) is 34.8 Å². The Hall–Kier alpha value is -1.50. The Morgan fingerprint density at radius 1 is 1.27 bits per heavy atom. The van der Waals surface area contributed by atoms with Crippen molar-refractivity contribution in [1.82, 2.24) is 4.98 Å². The summed E-state index contributed by atoms with van der Waals surface area (Å²) in [6, 6.07) is 8.68. The summed E-state index contributed by atoms with van der Waals surface area (Å²) in [5, 5.41) is 0. The van der Waals surface area contributed by atoms with Crippen LogP contribution in [0.2, 0.25) is 0 Å². The molecule has 1 aliphatic heterocycles. The van der Waals surface area contributed by atoms with E-state index < -0.39 is 12.1 Å². The molecular weight excluding hydrogens is 353 g/mol. The lowest BCUT2D eigenvalue weighted by atomic mass is 10.1. The van der Waals surface area contributed by atoms with Crippen LogP contribution in [0.4, 0.5) is 4.39 Å². The molecule has 2 aromatic rings. The van der Waals surface area contributed by atoms with Crippen LogP contribution in [0.3, 0.4) is 0 Å². The monoisotopic (exact) mass is 367 g/mol. The van der Waals surface area contributed by atoms with E-state index >= 15 is 0 Å². The second-order valence-electron chi connectivity index (χ2n) is 4.93. The fourth-order valence-corrected chi connectivity index (χ4v) is 2.69. The fraction of sp³-hybridized carbons (Fsp3) is 0.312. The number of hydrogen-bond donors (Lipinski definition) is 0. The van der Waals surface area contributed by atoms with Gasteiger partial charge in [0, 0.05) is 28.2 Å². The minimum atomic E-state index is -0.434. The van der Waals surface area contributed by atoms with Gasteiger partial charge in [-0.05, 0) is 25.1 Å². The molecule has 22 heavy (non-hydrogen) atoms. The molecule has 0 amide bonds. The zero-order valence-electron chi connectivity index (χ0n) is 12.0. The molecule has 1 saturated heterocycles. The van der Waals surface area contributed by atoms with Gasteiger partial charge >= 0.3 is 0 Å². The molecule has 3 rings (SSSR count). The van der Waals surface area contributed by atoms with E-state index in [9.17, 15) is 4.39 Å². The molecule has 6 heteroatoms. The fourth-order valence-electron chi connectivity index (χ4n) is 2.22. The molecule has 0 N–H and O–H groups in total. The normalized spacial score (nSPS) is 15.2. The van der Waals surface area contributed by atoms with Crippen molar-refractivity contribution in [3.05, 3.63) is 51.9 Å². The molecule has 4 nitrogen and oxygen atoms in total. The number of hydrogen-bond acceptors (Lipinski definition) is 4. The number of aromatic nitrogens is 1. The van der Waals surface area contributed by atoms with Gasteiger partial charge in [0.05, 0.1) is 13.2 Å². The van der Waals surface area contributed by atoms with Gasteiger partial charge < -0.3 is 14.2 Å². The van der Waals surface area contributed by atoms with Crippen LogP contribution in [0, 0.1) is 12.7 Å². The maximum Gasteiger partial charge on any atom is 0.219 e. The van der Waals surface area contributed by atoms with Crippen molar-refractivity contribution in [3.8, 4) is 11.6 Å². The van der Waals surface area contributed by atoms with Crippen molar-refractivity contribution in [1.29, 1.82) is 0 Å². The smallest absolute Gasteiger partial charge is 0.219 e. The van der Waals surface area contributed by atoms with Gasteiger partial charge in [-0.15, -0.1) is 0 Å². The lowest BCUT2D eigenvalue weighted by Crippen LogP contribution is -2.13. The Bertz CT molecular complexity index is 674. The molecule has 0 unspecified atom stereocenters. The Kier molecular flexibility index (Phi) is 4.71. The first-order valence-corrected chi connectivity index (χ1v) is 7.74. The minimum absolute atomic E-state index is 0.134. The summed E-state index contributed by atoms with van der Waals surface area (Å²) in [6.45, 7) is 2.92. The van der Waals surface area contributed by atoms with E-state index in [1.54, 1.807) is 18.2 Å². The molecule has 0 atom stereocenters. The zero-order valence-corrected chi connectivity index (χ0v) is 13.6. The molecule has 2 heterocycles. The van der Waals surface area contributed by atoms with Gasteiger partial charge in [0.15, 0.2) is 17.9 Å². The Balaban J connectivity index is 1.85. The van der Waals surface area contributed by atoms with Crippen molar-refractivity contribution >= 4 is 15.9 Å². The Labute approximate surface area is 136 Å². The average molecular weight is 368 g/mol. The highest BCUT2D eigenvalue weighted by molar-refractivity contribution is 9.10. The van der Waals surface area contributed by atoms with Crippen molar-refractivity contribution in [2.75, 3.05) is 13.2 Å². The third-order valence-corrected chi connectivity index (χ3v) is 4.03. The van der Waals surface area contributed by atoms with Gasteiger partial charge in [-0.1, -0.05) is 22.0 Å². The molecule has 1 aromatic carbocycles. The molecule has 116 valence electrons. The van der Waals surface area contributed by atoms with Crippen LogP contribution in [-0.4, -0.2) is 24.5 Å². The average Bonchev–Trinajstić information content (AvgIpc) is 3.00. The first-order valence-electron chi connectivity index (χ1n) is 6.95. The van der Waals surface area contributed by atoms with Crippen molar-refractivity contribution in [2.24, 2.45) is 0 Å². The third kappa shape index (κ3) is 3.45. The summed E-state index contributed by atoms with van der Waals surface area (Å²) < 4.78 is 31.7. The zero-order chi connectivity index (χ0) is 15.5. The summed E-state index contributed by atoms with van der Waals surface area (Å²) >= 11 is 3.36. The number of rotatable bonds is 4. The van der Waals surface area contributed by atoms with Crippen LogP contribution in [0.5, 0.6) is 11.6 Å².